The number of hydrogen-bond acceptors (Lipinski definition) is 5. The summed E-state index contributed by atoms with van der Waals surface area (Å²) in [5.74, 6) is -0.132. The Kier molecular flexibility index (Phi) is 5.38. The lowest BCUT2D eigenvalue weighted by Crippen LogP contribution is -2.29. The van der Waals surface area contributed by atoms with Gasteiger partial charge in [0.05, 0.1) is 5.69 Å². The van der Waals surface area contributed by atoms with E-state index in [9.17, 15) is 4.79 Å². The predicted octanol–water partition coefficient (Wildman–Crippen LogP) is 2.84. The van der Waals surface area contributed by atoms with E-state index in [-0.39, 0.29) is 5.91 Å². The summed E-state index contributed by atoms with van der Waals surface area (Å²) in [6, 6.07) is 7.33. The highest BCUT2D eigenvalue weighted by Gasteiger charge is 2.13. The van der Waals surface area contributed by atoms with E-state index in [1.165, 1.54) is 30.6 Å². The molecule has 23 heavy (non-hydrogen) atoms. The van der Waals surface area contributed by atoms with Crippen LogP contribution in [0.3, 0.4) is 0 Å². The fraction of sp³-hybridized carbons (Fsp3) is 0.412. The fourth-order valence-electron chi connectivity index (χ4n) is 2.75. The first kappa shape index (κ1) is 16.1. The zero-order valence-corrected chi connectivity index (χ0v) is 13.9. The number of piperidine rings is 1. The van der Waals surface area contributed by atoms with Gasteiger partial charge in [-0.25, -0.2) is 4.98 Å². The van der Waals surface area contributed by atoms with Crippen LogP contribution >= 0.6 is 11.3 Å². The Bertz CT molecular complexity index is 647. The van der Waals surface area contributed by atoms with Crippen LogP contribution in [0.2, 0.25) is 0 Å². The monoisotopic (exact) mass is 330 g/mol. The van der Waals surface area contributed by atoms with Gasteiger partial charge in [0, 0.05) is 24.0 Å². The molecule has 0 atom stereocenters. The molecule has 1 saturated heterocycles. The number of nitrogens with two attached hydrogens (primary N) is 1. The largest absolute Gasteiger partial charge is 0.326 e. The molecule has 122 valence electrons. The van der Waals surface area contributed by atoms with Gasteiger partial charge < -0.3 is 5.73 Å². The van der Waals surface area contributed by atoms with E-state index in [4.69, 9.17) is 5.73 Å². The van der Waals surface area contributed by atoms with E-state index in [1.54, 1.807) is 12.1 Å². The predicted molar refractivity (Wildman–Crippen MR) is 93.5 cm³/mol. The lowest BCUT2D eigenvalue weighted by Gasteiger charge is -2.25. The Morgan fingerprint density at radius 1 is 1.22 bits per heavy atom. The van der Waals surface area contributed by atoms with Gasteiger partial charge in [-0.15, -0.1) is 11.3 Å². The molecule has 1 fully saturated rings. The molecule has 3 N–H and O–H groups in total. The minimum atomic E-state index is -0.132. The first-order valence-corrected chi connectivity index (χ1v) is 8.89. The molecule has 0 radical (unpaired) electrons. The van der Waals surface area contributed by atoms with Crippen LogP contribution in [-0.2, 0) is 13.1 Å². The number of aromatic nitrogens is 1. The van der Waals surface area contributed by atoms with Crippen molar-refractivity contribution in [1.82, 2.24) is 9.88 Å². The summed E-state index contributed by atoms with van der Waals surface area (Å²) in [6.45, 7) is 3.64. The van der Waals surface area contributed by atoms with E-state index in [1.807, 2.05) is 17.5 Å². The molecular formula is C17H22N4OS. The summed E-state index contributed by atoms with van der Waals surface area (Å²) in [7, 11) is 0. The Morgan fingerprint density at radius 2 is 1.96 bits per heavy atom. The number of nitrogens with one attached hydrogen (secondary N) is 1. The van der Waals surface area contributed by atoms with Crippen molar-refractivity contribution in [2.75, 3.05) is 18.4 Å². The van der Waals surface area contributed by atoms with Crippen molar-refractivity contribution in [3.63, 3.8) is 0 Å². The number of likely N-dealkylation sites (tertiary alicyclic amines) is 1. The van der Waals surface area contributed by atoms with Crippen LogP contribution in [0.25, 0.3) is 0 Å². The van der Waals surface area contributed by atoms with Gasteiger partial charge in [0.25, 0.3) is 5.91 Å². The Morgan fingerprint density at radius 3 is 2.65 bits per heavy atom. The van der Waals surface area contributed by atoms with Crippen molar-refractivity contribution in [2.45, 2.75) is 32.4 Å². The van der Waals surface area contributed by atoms with E-state index in [0.29, 0.717) is 17.2 Å². The molecule has 5 nitrogen and oxygen atoms in total. The van der Waals surface area contributed by atoms with Crippen molar-refractivity contribution in [3.8, 4) is 0 Å². The van der Waals surface area contributed by atoms with E-state index in [0.717, 1.165) is 30.9 Å². The summed E-state index contributed by atoms with van der Waals surface area (Å²) in [6.07, 6.45) is 3.87. The maximum absolute atomic E-state index is 12.2. The lowest BCUT2D eigenvalue weighted by molar-refractivity contribution is 0.102. The number of anilines is 1. The first-order valence-electron chi connectivity index (χ1n) is 8.02. The minimum absolute atomic E-state index is 0.132. The molecule has 3 rings (SSSR count). The molecule has 1 aliphatic rings. The van der Waals surface area contributed by atoms with E-state index >= 15 is 0 Å². The van der Waals surface area contributed by atoms with Crippen LogP contribution in [0.5, 0.6) is 0 Å². The highest BCUT2D eigenvalue weighted by Crippen LogP contribution is 2.19. The SMILES string of the molecule is NCc1ccc(C(=O)Nc2nc(CN3CCCCC3)cs2)cc1. The molecule has 0 aliphatic carbocycles. The second-order valence-electron chi connectivity index (χ2n) is 5.84. The van der Waals surface area contributed by atoms with Crippen molar-refractivity contribution in [2.24, 2.45) is 5.73 Å². The molecule has 2 heterocycles. The number of thiazole rings is 1. The van der Waals surface area contributed by atoms with Crippen molar-refractivity contribution < 1.29 is 4.79 Å². The Hall–Kier alpha value is -1.76. The molecule has 0 spiro atoms. The summed E-state index contributed by atoms with van der Waals surface area (Å²) in [5.41, 5.74) is 8.23. The van der Waals surface area contributed by atoms with Gasteiger partial charge in [-0.3, -0.25) is 15.0 Å². The summed E-state index contributed by atoms with van der Waals surface area (Å²) in [4.78, 5) is 19.2. The molecule has 1 aromatic carbocycles. The number of nitrogens with zero attached hydrogens (tertiary/aromatic N) is 2. The third-order valence-corrected chi connectivity index (χ3v) is 4.86. The van der Waals surface area contributed by atoms with Gasteiger partial charge in [0.15, 0.2) is 5.13 Å². The van der Waals surface area contributed by atoms with Crippen LogP contribution in [0.1, 0.15) is 40.9 Å². The highest BCUT2D eigenvalue weighted by atomic mass is 32.1. The van der Waals surface area contributed by atoms with E-state index < -0.39 is 0 Å². The topological polar surface area (TPSA) is 71.2 Å². The minimum Gasteiger partial charge on any atom is -0.326 e. The third-order valence-electron chi connectivity index (χ3n) is 4.06. The van der Waals surface area contributed by atoms with Crippen LogP contribution in [0.4, 0.5) is 5.13 Å². The number of carbonyl (C=O) groups excluding carboxylic acids is 1. The quantitative estimate of drug-likeness (QED) is 0.884. The van der Waals surface area contributed by atoms with E-state index in [2.05, 4.69) is 15.2 Å². The second-order valence-corrected chi connectivity index (χ2v) is 6.69. The molecular weight excluding hydrogens is 308 g/mol. The van der Waals surface area contributed by atoms with Crippen LogP contribution in [0, 0.1) is 0 Å². The smallest absolute Gasteiger partial charge is 0.257 e. The molecule has 1 aliphatic heterocycles. The number of benzene rings is 1. The Labute approximate surface area is 140 Å². The molecule has 0 unspecified atom stereocenters. The Balaban J connectivity index is 1.58. The zero-order chi connectivity index (χ0) is 16.1. The number of amides is 1. The molecule has 2 aromatic rings. The average Bonchev–Trinajstić information content (AvgIpc) is 3.02. The van der Waals surface area contributed by atoms with Gasteiger partial charge in [0.1, 0.15) is 0 Å². The average molecular weight is 330 g/mol. The van der Waals surface area contributed by atoms with Gasteiger partial charge in [-0.2, -0.15) is 0 Å². The summed E-state index contributed by atoms with van der Waals surface area (Å²) >= 11 is 1.48. The normalized spacial score (nSPS) is 15.5. The number of rotatable bonds is 5. The molecule has 1 amide bonds. The zero-order valence-electron chi connectivity index (χ0n) is 13.1. The summed E-state index contributed by atoms with van der Waals surface area (Å²) < 4.78 is 0. The summed E-state index contributed by atoms with van der Waals surface area (Å²) in [5, 5.41) is 5.56. The molecule has 1 aromatic heterocycles. The molecule has 6 heteroatoms. The van der Waals surface area contributed by atoms with Crippen LogP contribution in [-0.4, -0.2) is 28.9 Å². The van der Waals surface area contributed by atoms with Crippen LogP contribution in [0.15, 0.2) is 29.6 Å². The molecule has 0 bridgehead atoms. The van der Waals surface area contributed by atoms with Gasteiger partial charge in [-0.05, 0) is 43.6 Å². The third kappa shape index (κ3) is 4.37. The lowest BCUT2D eigenvalue weighted by atomic mass is 10.1. The highest BCUT2D eigenvalue weighted by molar-refractivity contribution is 7.13. The van der Waals surface area contributed by atoms with Crippen molar-refractivity contribution in [1.29, 1.82) is 0 Å². The maximum Gasteiger partial charge on any atom is 0.257 e. The maximum atomic E-state index is 12.2. The second kappa shape index (κ2) is 7.68. The van der Waals surface area contributed by atoms with Crippen molar-refractivity contribution >= 4 is 22.4 Å². The van der Waals surface area contributed by atoms with Gasteiger partial charge in [-0.1, -0.05) is 18.6 Å². The van der Waals surface area contributed by atoms with Crippen molar-refractivity contribution in [3.05, 3.63) is 46.5 Å². The van der Waals surface area contributed by atoms with Gasteiger partial charge in [0.2, 0.25) is 0 Å². The van der Waals surface area contributed by atoms with Gasteiger partial charge >= 0.3 is 0 Å². The standard InChI is InChI=1S/C17H22N4OS/c18-10-13-4-6-14(7-5-13)16(22)20-17-19-15(12-23-17)11-21-8-2-1-3-9-21/h4-7,12H,1-3,8-11,18H2,(H,19,20,22). The first-order chi connectivity index (χ1) is 11.2. The van der Waals surface area contributed by atoms with Crippen LogP contribution < -0.4 is 11.1 Å². The number of carbonyl (C=O) groups is 1. The fourth-order valence-corrected chi connectivity index (χ4v) is 3.44. The molecule has 0 saturated carbocycles. The number of hydrogen-bond donors (Lipinski definition) is 2.